The molecular weight excluding hydrogens is 396 g/mol. The van der Waals surface area contributed by atoms with Gasteiger partial charge in [-0.3, -0.25) is 9.80 Å². The fraction of sp³-hybridized carbons (Fsp3) is 0.500. The van der Waals surface area contributed by atoms with E-state index in [-0.39, 0.29) is 24.0 Å². The molecule has 2 N–H and O–H groups in total. The van der Waals surface area contributed by atoms with Gasteiger partial charge in [-0.25, -0.2) is 0 Å². The van der Waals surface area contributed by atoms with E-state index in [4.69, 9.17) is 0 Å². The molecule has 2 fully saturated rings. The van der Waals surface area contributed by atoms with Crippen LogP contribution in [0.1, 0.15) is 36.8 Å². The molecule has 2 aliphatic heterocycles. The van der Waals surface area contributed by atoms with Gasteiger partial charge in [-0.05, 0) is 49.9 Å². The van der Waals surface area contributed by atoms with E-state index < -0.39 is 0 Å². The molecule has 0 aliphatic carbocycles. The summed E-state index contributed by atoms with van der Waals surface area (Å²) in [6.45, 7) is 6.24. The molecule has 0 aromatic heterocycles. The van der Waals surface area contributed by atoms with Gasteiger partial charge in [0.2, 0.25) is 0 Å². The lowest BCUT2D eigenvalue weighted by atomic mass is 9.74. The molecule has 2 saturated heterocycles. The van der Waals surface area contributed by atoms with Crippen molar-refractivity contribution in [3.8, 4) is 0 Å². The number of hydrogen-bond acceptors (Lipinski definition) is 4. The van der Waals surface area contributed by atoms with Crippen molar-refractivity contribution < 1.29 is 10.2 Å². The first-order valence-corrected chi connectivity index (χ1v) is 12.1. The van der Waals surface area contributed by atoms with Gasteiger partial charge in [0, 0.05) is 37.0 Å². The molecule has 0 spiro atoms. The van der Waals surface area contributed by atoms with Crippen LogP contribution in [0, 0.1) is 0 Å². The number of piperidine rings is 2. The van der Waals surface area contributed by atoms with E-state index in [1.165, 1.54) is 11.1 Å². The number of hydrogen-bond donors (Lipinski definition) is 2. The summed E-state index contributed by atoms with van der Waals surface area (Å²) in [5.74, 6) is 0. The third kappa shape index (κ3) is 5.15. The molecule has 2 aliphatic rings. The highest BCUT2D eigenvalue weighted by Crippen LogP contribution is 2.34. The number of benzene rings is 2. The Morgan fingerprint density at radius 3 is 1.44 bits per heavy atom. The lowest BCUT2D eigenvalue weighted by Crippen LogP contribution is -2.48. The third-order valence-corrected chi connectivity index (χ3v) is 7.58. The molecule has 4 nitrogen and oxygen atoms in total. The van der Waals surface area contributed by atoms with Crippen LogP contribution in [0.4, 0.5) is 0 Å². The van der Waals surface area contributed by atoms with Crippen molar-refractivity contribution in [1.82, 2.24) is 9.80 Å². The summed E-state index contributed by atoms with van der Waals surface area (Å²) in [6.07, 6.45) is 8.90. The van der Waals surface area contributed by atoms with Gasteiger partial charge >= 0.3 is 0 Å². The average Bonchev–Trinajstić information content (AvgIpc) is 2.88. The molecule has 4 heteroatoms. The Labute approximate surface area is 193 Å². The van der Waals surface area contributed by atoms with Crippen LogP contribution < -0.4 is 0 Å². The summed E-state index contributed by atoms with van der Waals surface area (Å²) in [5.41, 5.74) is 2.23. The molecule has 2 atom stereocenters. The molecule has 0 bridgehead atoms. The molecule has 2 aromatic carbocycles. The maximum Gasteiger partial charge on any atom is 0.0540 e. The number of aliphatic hydroxyl groups excluding tert-OH is 2. The highest BCUT2D eigenvalue weighted by atomic mass is 16.3. The lowest BCUT2D eigenvalue weighted by Gasteiger charge is -2.42. The predicted molar refractivity (Wildman–Crippen MR) is 131 cm³/mol. The smallest absolute Gasteiger partial charge is 0.0540 e. The van der Waals surface area contributed by atoms with Crippen LogP contribution in [-0.4, -0.2) is 72.5 Å². The van der Waals surface area contributed by atoms with Gasteiger partial charge in [0.1, 0.15) is 0 Å². The minimum absolute atomic E-state index is 0.142. The minimum atomic E-state index is -0.142. The monoisotopic (exact) mass is 434 g/mol. The van der Waals surface area contributed by atoms with Gasteiger partial charge < -0.3 is 10.2 Å². The number of likely N-dealkylation sites (tertiary alicyclic amines) is 2. The maximum atomic E-state index is 10.2. The Kier molecular flexibility index (Phi) is 7.80. The van der Waals surface area contributed by atoms with E-state index in [1.54, 1.807) is 0 Å². The van der Waals surface area contributed by atoms with Gasteiger partial charge in [-0.1, -0.05) is 72.8 Å². The largest absolute Gasteiger partial charge is 0.395 e. The van der Waals surface area contributed by atoms with E-state index in [0.717, 1.165) is 65.0 Å². The zero-order valence-corrected chi connectivity index (χ0v) is 19.2. The molecule has 172 valence electrons. The van der Waals surface area contributed by atoms with Crippen LogP contribution in [0.25, 0.3) is 0 Å². The van der Waals surface area contributed by atoms with E-state index in [0.29, 0.717) is 0 Å². The van der Waals surface area contributed by atoms with Crippen LogP contribution in [0.5, 0.6) is 0 Å². The average molecular weight is 435 g/mol. The molecule has 0 saturated carbocycles. The molecule has 0 radical (unpaired) electrons. The number of rotatable bonds is 8. The summed E-state index contributed by atoms with van der Waals surface area (Å²) >= 11 is 0. The van der Waals surface area contributed by atoms with Gasteiger partial charge in [0.15, 0.2) is 0 Å². The normalized spacial score (nSPS) is 27.7. The Hall–Kier alpha value is -1.98. The van der Waals surface area contributed by atoms with Crippen LogP contribution in [0.3, 0.4) is 0 Å². The second kappa shape index (κ2) is 10.8. The Balaban J connectivity index is 1.32. The van der Waals surface area contributed by atoms with Gasteiger partial charge in [0.05, 0.1) is 13.2 Å². The van der Waals surface area contributed by atoms with E-state index >= 15 is 0 Å². The fourth-order valence-corrected chi connectivity index (χ4v) is 5.71. The summed E-state index contributed by atoms with van der Waals surface area (Å²) in [6, 6.07) is 21.0. The minimum Gasteiger partial charge on any atom is -0.395 e. The molecule has 2 heterocycles. The third-order valence-electron chi connectivity index (χ3n) is 7.58. The van der Waals surface area contributed by atoms with E-state index in [2.05, 4.69) is 70.5 Å². The Bertz CT molecular complexity index is 785. The van der Waals surface area contributed by atoms with Crippen molar-refractivity contribution in [2.24, 2.45) is 0 Å². The second-order valence-electron chi connectivity index (χ2n) is 9.76. The van der Waals surface area contributed by atoms with Crippen molar-refractivity contribution in [2.45, 2.75) is 36.5 Å². The number of nitrogens with zero attached hydrogens (tertiary/aromatic N) is 2. The van der Waals surface area contributed by atoms with Crippen LogP contribution in [0.15, 0.2) is 72.8 Å². The number of aliphatic hydroxyl groups is 2. The molecular formula is C28H38N2O2. The maximum absolute atomic E-state index is 10.2. The first-order valence-electron chi connectivity index (χ1n) is 12.1. The first kappa shape index (κ1) is 23.2. The van der Waals surface area contributed by atoms with Crippen molar-refractivity contribution in [3.05, 3.63) is 83.9 Å². The van der Waals surface area contributed by atoms with Crippen molar-refractivity contribution >= 4 is 0 Å². The van der Waals surface area contributed by atoms with Crippen LogP contribution in [-0.2, 0) is 10.8 Å². The predicted octanol–water partition coefficient (Wildman–Crippen LogP) is 3.59. The molecule has 32 heavy (non-hydrogen) atoms. The highest BCUT2D eigenvalue weighted by Gasteiger charge is 2.37. The quantitative estimate of drug-likeness (QED) is 0.624. The SMILES string of the molecule is OCC1(c2ccccc2)CCCN(C/C=C/CN2CCCC(CO)(c3ccccc3)C2)C1. The molecule has 0 amide bonds. The zero-order valence-electron chi connectivity index (χ0n) is 19.2. The van der Waals surface area contributed by atoms with Crippen LogP contribution in [0.2, 0.25) is 0 Å². The van der Waals surface area contributed by atoms with Crippen molar-refractivity contribution in [1.29, 1.82) is 0 Å². The molecule has 2 aromatic rings. The molecule has 4 rings (SSSR count). The lowest BCUT2D eigenvalue weighted by molar-refractivity contribution is 0.0943. The van der Waals surface area contributed by atoms with Crippen molar-refractivity contribution in [3.63, 3.8) is 0 Å². The highest BCUT2D eigenvalue weighted by molar-refractivity contribution is 5.28. The topological polar surface area (TPSA) is 46.9 Å². The molecule has 2 unspecified atom stereocenters. The van der Waals surface area contributed by atoms with E-state index in [9.17, 15) is 10.2 Å². The van der Waals surface area contributed by atoms with Crippen LogP contribution >= 0.6 is 0 Å². The Morgan fingerprint density at radius 2 is 1.06 bits per heavy atom. The first-order chi connectivity index (χ1) is 15.7. The second-order valence-corrected chi connectivity index (χ2v) is 9.76. The van der Waals surface area contributed by atoms with E-state index in [1.807, 2.05) is 12.1 Å². The standard InChI is InChI=1S/C28H38N2O2/c31-23-27(25-11-3-1-4-12-25)15-9-19-29(21-27)17-7-8-18-30-20-10-16-28(22-30,24-32)26-13-5-2-6-14-26/h1-8,11-14,31-32H,9-10,15-24H2/b8-7+. The summed E-state index contributed by atoms with van der Waals surface area (Å²) < 4.78 is 0. The summed E-state index contributed by atoms with van der Waals surface area (Å²) in [7, 11) is 0. The van der Waals surface area contributed by atoms with Gasteiger partial charge in [-0.15, -0.1) is 0 Å². The summed E-state index contributed by atoms with van der Waals surface area (Å²) in [5, 5.41) is 20.5. The van der Waals surface area contributed by atoms with Gasteiger partial charge in [-0.2, -0.15) is 0 Å². The summed E-state index contributed by atoms with van der Waals surface area (Å²) in [4.78, 5) is 4.95. The van der Waals surface area contributed by atoms with Crippen molar-refractivity contribution in [2.75, 3.05) is 52.5 Å². The Morgan fingerprint density at radius 1 is 0.656 bits per heavy atom. The van der Waals surface area contributed by atoms with Gasteiger partial charge in [0.25, 0.3) is 0 Å². The fourth-order valence-electron chi connectivity index (χ4n) is 5.71. The zero-order chi connectivity index (χ0) is 22.3.